The number of rotatable bonds is 7. The van der Waals surface area contributed by atoms with E-state index in [-0.39, 0.29) is 0 Å². The molecule has 0 fully saturated rings. The van der Waals surface area contributed by atoms with E-state index in [0.717, 1.165) is 39.4 Å². The third kappa shape index (κ3) is 5.64. The maximum atomic E-state index is 6.04. The number of hydrogen-bond donors (Lipinski definition) is 0. The van der Waals surface area contributed by atoms with Gasteiger partial charge in [0.05, 0.1) is 12.0 Å². The Morgan fingerprint density at radius 3 is 2.69 bits per heavy atom. The number of ether oxygens (including phenoxy) is 1. The van der Waals surface area contributed by atoms with Gasteiger partial charge in [-0.2, -0.15) is 9.36 Å². The average Bonchev–Trinajstić information content (AvgIpc) is 3.12. The Labute approximate surface area is 184 Å². The van der Waals surface area contributed by atoms with Gasteiger partial charge in [-0.05, 0) is 74.2 Å². The minimum absolute atomic E-state index is 0.553. The number of aliphatic imine (C=N–C) groups is 1. The Morgan fingerprint density at radius 2 is 1.93 bits per heavy atom. The lowest BCUT2D eigenvalue weighted by atomic mass is 10.1. The Hall–Kier alpha value is -2.25. The van der Waals surface area contributed by atoms with Crippen molar-refractivity contribution in [3.05, 3.63) is 62.9 Å². The summed E-state index contributed by atoms with van der Waals surface area (Å²) in [7, 11) is 2.01. The molecule has 0 saturated carbocycles. The summed E-state index contributed by atoms with van der Waals surface area (Å²) >= 11 is 4.81. The molecule has 1 aromatic heterocycles. The van der Waals surface area contributed by atoms with Crippen molar-refractivity contribution in [3.8, 4) is 10.9 Å². The third-order valence-corrected chi connectivity index (χ3v) is 5.82. The first kappa shape index (κ1) is 21.5. The summed E-state index contributed by atoms with van der Waals surface area (Å²) in [5.41, 5.74) is 5.44. The van der Waals surface area contributed by atoms with Crippen LogP contribution in [0.25, 0.3) is 0 Å². The Morgan fingerprint density at radius 1 is 1.14 bits per heavy atom. The molecule has 0 spiro atoms. The van der Waals surface area contributed by atoms with Crippen molar-refractivity contribution in [1.82, 2.24) is 14.3 Å². The van der Waals surface area contributed by atoms with Crippen molar-refractivity contribution >= 4 is 39.5 Å². The van der Waals surface area contributed by atoms with Gasteiger partial charge in [-0.25, -0.2) is 4.99 Å². The molecular formula is C22H25BrN4OS. The zero-order valence-corrected chi connectivity index (χ0v) is 19.8. The highest BCUT2D eigenvalue weighted by Gasteiger charge is 2.12. The molecule has 7 heteroatoms. The number of benzene rings is 2. The van der Waals surface area contributed by atoms with Gasteiger partial charge in [0.15, 0.2) is 5.82 Å². The fraction of sp³-hybridized carbons (Fsp3) is 0.318. The fourth-order valence-electron chi connectivity index (χ4n) is 2.71. The largest absolute Gasteiger partial charge is 0.430 e. The first-order valence-electron chi connectivity index (χ1n) is 9.47. The number of aromatic nitrogens is 2. The van der Waals surface area contributed by atoms with Crippen LogP contribution in [-0.4, -0.2) is 34.2 Å². The number of halogens is 1. The Bertz CT molecular complexity index is 1030. The van der Waals surface area contributed by atoms with Gasteiger partial charge < -0.3 is 9.64 Å². The fourth-order valence-corrected chi connectivity index (χ4v) is 3.68. The number of hydrogen-bond acceptors (Lipinski definition) is 5. The summed E-state index contributed by atoms with van der Waals surface area (Å²) in [6.45, 7) is 9.16. The highest BCUT2D eigenvalue weighted by molar-refractivity contribution is 9.10. The summed E-state index contributed by atoms with van der Waals surface area (Å²) in [4.78, 5) is 11.2. The molecule has 0 atom stereocenters. The van der Waals surface area contributed by atoms with Crippen molar-refractivity contribution in [2.75, 3.05) is 13.6 Å². The molecule has 0 bridgehead atoms. The first-order chi connectivity index (χ1) is 13.9. The molecule has 152 valence electrons. The predicted molar refractivity (Wildman–Crippen MR) is 124 cm³/mol. The zero-order valence-electron chi connectivity index (χ0n) is 17.4. The van der Waals surface area contributed by atoms with Crippen LogP contribution in [0.2, 0.25) is 0 Å². The zero-order chi connectivity index (χ0) is 21.0. The van der Waals surface area contributed by atoms with Gasteiger partial charge in [0.1, 0.15) is 5.75 Å². The monoisotopic (exact) mass is 472 g/mol. The molecule has 29 heavy (non-hydrogen) atoms. The lowest BCUT2D eigenvalue weighted by Crippen LogP contribution is -2.14. The van der Waals surface area contributed by atoms with Crippen LogP contribution in [0.1, 0.15) is 35.0 Å². The van der Waals surface area contributed by atoms with Crippen LogP contribution in [0.4, 0.5) is 5.69 Å². The molecule has 3 aromatic rings. The summed E-state index contributed by atoms with van der Waals surface area (Å²) in [6.07, 6.45) is 2.53. The van der Waals surface area contributed by atoms with Crippen LogP contribution >= 0.6 is 27.5 Å². The molecule has 3 rings (SSSR count). The number of aryl methyl sites for hydroxylation is 3. The Balaban J connectivity index is 1.74. The molecule has 0 aliphatic heterocycles. The van der Waals surface area contributed by atoms with E-state index in [1.807, 2.05) is 50.3 Å². The van der Waals surface area contributed by atoms with E-state index in [2.05, 4.69) is 56.3 Å². The van der Waals surface area contributed by atoms with Crippen LogP contribution in [0, 0.1) is 20.8 Å². The highest BCUT2D eigenvalue weighted by atomic mass is 79.9. The van der Waals surface area contributed by atoms with Crippen molar-refractivity contribution in [2.24, 2.45) is 4.99 Å². The molecule has 0 unspecified atom stereocenters. The summed E-state index contributed by atoms with van der Waals surface area (Å²) in [5.74, 6) is 1.55. The first-order valence-corrected chi connectivity index (χ1v) is 11.0. The lowest BCUT2D eigenvalue weighted by Gasteiger charge is -2.11. The minimum atomic E-state index is 0.553. The third-order valence-electron chi connectivity index (χ3n) is 4.69. The molecule has 0 radical (unpaired) electrons. The van der Waals surface area contributed by atoms with E-state index in [1.165, 1.54) is 22.7 Å². The van der Waals surface area contributed by atoms with E-state index in [9.17, 15) is 0 Å². The summed E-state index contributed by atoms with van der Waals surface area (Å²) in [5, 5.41) is 0.553. The van der Waals surface area contributed by atoms with Crippen LogP contribution < -0.4 is 4.74 Å². The van der Waals surface area contributed by atoms with Crippen LogP contribution in [0.5, 0.6) is 10.9 Å². The predicted octanol–water partition coefficient (Wildman–Crippen LogP) is 6.22. The standard InChI is InChI=1S/C22H25BrN4OS/c1-6-27(5)13-24-19-9-16(4)20(10-15(19)3)28-22-25-21(26-29-22)12-17-11-18(23)8-7-14(17)2/h7-11,13H,6,12H2,1-5H3/b24-13-. The molecule has 2 aromatic carbocycles. The van der Waals surface area contributed by atoms with E-state index < -0.39 is 0 Å². The second-order valence-corrected chi connectivity index (χ2v) is 8.68. The van der Waals surface area contributed by atoms with Gasteiger partial charge in [0.25, 0.3) is 5.19 Å². The number of nitrogens with zero attached hydrogens (tertiary/aromatic N) is 4. The van der Waals surface area contributed by atoms with Crippen LogP contribution in [0.15, 0.2) is 39.8 Å². The highest BCUT2D eigenvalue weighted by Crippen LogP contribution is 2.32. The molecule has 0 amide bonds. The van der Waals surface area contributed by atoms with Crippen LogP contribution in [0.3, 0.4) is 0 Å². The summed E-state index contributed by atoms with van der Waals surface area (Å²) < 4.78 is 11.6. The van der Waals surface area contributed by atoms with Crippen molar-refractivity contribution < 1.29 is 4.74 Å². The molecular weight excluding hydrogens is 448 g/mol. The summed E-state index contributed by atoms with van der Waals surface area (Å²) in [6, 6.07) is 10.3. The smallest absolute Gasteiger partial charge is 0.298 e. The molecule has 1 heterocycles. The van der Waals surface area contributed by atoms with Gasteiger partial charge in [0.2, 0.25) is 0 Å². The average molecular weight is 473 g/mol. The molecule has 5 nitrogen and oxygen atoms in total. The molecule has 0 saturated heterocycles. The Kier molecular flexibility index (Phi) is 7.03. The van der Waals surface area contributed by atoms with Crippen molar-refractivity contribution in [2.45, 2.75) is 34.1 Å². The van der Waals surface area contributed by atoms with E-state index in [4.69, 9.17) is 4.74 Å². The second-order valence-electron chi connectivity index (χ2n) is 7.05. The van der Waals surface area contributed by atoms with Crippen LogP contribution in [-0.2, 0) is 6.42 Å². The normalized spacial score (nSPS) is 11.2. The maximum absolute atomic E-state index is 6.04. The van der Waals surface area contributed by atoms with E-state index >= 15 is 0 Å². The van der Waals surface area contributed by atoms with Gasteiger partial charge in [-0.15, -0.1) is 0 Å². The second kappa shape index (κ2) is 9.50. The van der Waals surface area contributed by atoms with Gasteiger partial charge in [-0.3, -0.25) is 0 Å². The molecule has 0 aliphatic rings. The maximum Gasteiger partial charge on any atom is 0.298 e. The topological polar surface area (TPSA) is 50.6 Å². The molecule has 0 N–H and O–H groups in total. The quantitative estimate of drug-likeness (QED) is 0.302. The van der Waals surface area contributed by atoms with Crippen molar-refractivity contribution in [1.29, 1.82) is 0 Å². The van der Waals surface area contributed by atoms with Crippen molar-refractivity contribution in [3.63, 3.8) is 0 Å². The SMILES string of the molecule is CCN(C)/C=N\c1cc(C)c(Oc2nc(Cc3cc(Br)ccc3C)ns2)cc1C. The van der Waals surface area contributed by atoms with Gasteiger partial charge in [-0.1, -0.05) is 22.0 Å². The van der Waals surface area contributed by atoms with E-state index in [1.54, 1.807) is 0 Å². The van der Waals surface area contributed by atoms with Gasteiger partial charge in [0, 0.05) is 36.0 Å². The molecule has 0 aliphatic carbocycles. The van der Waals surface area contributed by atoms with Gasteiger partial charge >= 0.3 is 0 Å². The van der Waals surface area contributed by atoms with E-state index in [0.29, 0.717) is 11.6 Å². The minimum Gasteiger partial charge on any atom is -0.430 e. The lowest BCUT2D eigenvalue weighted by molar-refractivity contribution is 0.473.